The van der Waals surface area contributed by atoms with E-state index in [-0.39, 0.29) is 5.69 Å². The topological polar surface area (TPSA) is 55.2 Å². The molecular weight excluding hydrogens is 236 g/mol. The van der Waals surface area contributed by atoms with Crippen molar-refractivity contribution in [3.63, 3.8) is 0 Å². The van der Waals surface area contributed by atoms with Gasteiger partial charge in [-0.2, -0.15) is 0 Å². The van der Waals surface area contributed by atoms with E-state index in [0.29, 0.717) is 4.47 Å². The lowest BCUT2D eigenvalue weighted by Crippen LogP contribution is -1.96. The molecule has 1 aromatic rings. The molecule has 0 heterocycles. The summed E-state index contributed by atoms with van der Waals surface area (Å²) in [5.74, 6) is 0. The molecule has 1 aromatic carbocycles. The molecule has 0 fully saturated rings. The Hall–Kier alpha value is -1.10. The van der Waals surface area contributed by atoms with E-state index in [4.69, 9.17) is 0 Å². The number of nitro benzene ring substituents is 1. The third kappa shape index (κ3) is 1.80. The van der Waals surface area contributed by atoms with Crippen LogP contribution in [0, 0.1) is 17.0 Å². The molecular formula is C8H9BrN2O2. The highest BCUT2D eigenvalue weighted by Gasteiger charge is 2.14. The first-order chi connectivity index (χ1) is 6.07. The molecule has 0 aliphatic carbocycles. The van der Waals surface area contributed by atoms with Crippen LogP contribution in [0.25, 0.3) is 0 Å². The van der Waals surface area contributed by atoms with Gasteiger partial charge in [0.15, 0.2) is 0 Å². The van der Waals surface area contributed by atoms with E-state index in [1.807, 2.05) is 6.92 Å². The van der Waals surface area contributed by atoms with Crippen LogP contribution in [0.5, 0.6) is 0 Å². The summed E-state index contributed by atoms with van der Waals surface area (Å²) in [5, 5.41) is 13.5. The van der Waals surface area contributed by atoms with Crippen LogP contribution in [0.4, 0.5) is 11.4 Å². The van der Waals surface area contributed by atoms with Crippen LogP contribution in [0.15, 0.2) is 16.6 Å². The van der Waals surface area contributed by atoms with E-state index in [0.717, 1.165) is 11.3 Å². The van der Waals surface area contributed by atoms with Gasteiger partial charge < -0.3 is 5.32 Å². The zero-order chi connectivity index (χ0) is 10.0. The van der Waals surface area contributed by atoms with Crippen molar-refractivity contribution in [2.45, 2.75) is 6.92 Å². The van der Waals surface area contributed by atoms with Crippen LogP contribution >= 0.6 is 15.9 Å². The number of hydrogen-bond acceptors (Lipinski definition) is 3. The van der Waals surface area contributed by atoms with Crippen molar-refractivity contribution in [2.24, 2.45) is 0 Å². The molecule has 0 radical (unpaired) electrons. The number of nitrogens with one attached hydrogen (secondary N) is 1. The first-order valence-electron chi connectivity index (χ1n) is 3.69. The molecule has 4 nitrogen and oxygen atoms in total. The van der Waals surface area contributed by atoms with Crippen molar-refractivity contribution in [3.05, 3.63) is 32.3 Å². The molecule has 5 heteroatoms. The molecule has 1 rings (SSSR count). The molecule has 0 atom stereocenters. The van der Waals surface area contributed by atoms with Crippen LogP contribution < -0.4 is 5.32 Å². The minimum atomic E-state index is -0.406. The van der Waals surface area contributed by atoms with E-state index in [1.165, 1.54) is 6.07 Å². The van der Waals surface area contributed by atoms with Gasteiger partial charge in [-0.3, -0.25) is 10.1 Å². The maximum absolute atomic E-state index is 10.5. The van der Waals surface area contributed by atoms with Crippen molar-refractivity contribution in [1.82, 2.24) is 0 Å². The normalized spacial score (nSPS) is 9.77. The largest absolute Gasteiger partial charge is 0.388 e. The predicted octanol–water partition coefficient (Wildman–Crippen LogP) is 2.71. The van der Waals surface area contributed by atoms with Crippen LogP contribution in [0.2, 0.25) is 0 Å². The minimum Gasteiger partial charge on any atom is -0.388 e. The third-order valence-electron chi connectivity index (χ3n) is 1.83. The number of rotatable bonds is 2. The summed E-state index contributed by atoms with van der Waals surface area (Å²) >= 11 is 3.19. The van der Waals surface area contributed by atoms with Gasteiger partial charge in [-0.05, 0) is 34.5 Å². The van der Waals surface area contributed by atoms with Gasteiger partial charge in [-0.1, -0.05) is 0 Å². The van der Waals surface area contributed by atoms with Gasteiger partial charge in [-0.25, -0.2) is 0 Å². The second kappa shape index (κ2) is 3.74. The number of anilines is 1. The molecule has 0 aliphatic rings. The molecule has 13 heavy (non-hydrogen) atoms. The summed E-state index contributed by atoms with van der Waals surface area (Å²) in [7, 11) is 1.78. The smallest absolute Gasteiger partial charge is 0.283 e. The summed E-state index contributed by atoms with van der Waals surface area (Å²) in [6.45, 7) is 1.82. The monoisotopic (exact) mass is 244 g/mol. The fraction of sp³-hybridized carbons (Fsp3) is 0.250. The molecule has 0 spiro atoms. The lowest BCUT2D eigenvalue weighted by molar-refractivity contribution is -0.385. The SMILES string of the molecule is CNc1ccc([N+](=O)[O-])c(Br)c1C. The van der Waals surface area contributed by atoms with Gasteiger partial charge in [0.25, 0.3) is 5.69 Å². The molecule has 0 saturated heterocycles. The van der Waals surface area contributed by atoms with Gasteiger partial charge in [-0.15, -0.1) is 0 Å². The number of benzene rings is 1. The lowest BCUT2D eigenvalue weighted by atomic mass is 10.2. The highest BCUT2D eigenvalue weighted by molar-refractivity contribution is 9.10. The summed E-state index contributed by atoms with van der Waals surface area (Å²) in [6, 6.07) is 3.17. The summed E-state index contributed by atoms with van der Waals surface area (Å²) in [5.41, 5.74) is 1.82. The zero-order valence-corrected chi connectivity index (χ0v) is 8.88. The van der Waals surface area contributed by atoms with E-state index in [9.17, 15) is 10.1 Å². The average molecular weight is 245 g/mol. The number of hydrogen-bond donors (Lipinski definition) is 1. The summed E-state index contributed by atoms with van der Waals surface area (Å²) in [6.07, 6.45) is 0. The fourth-order valence-electron chi connectivity index (χ4n) is 1.08. The van der Waals surface area contributed by atoms with Gasteiger partial charge in [0, 0.05) is 18.8 Å². The number of nitro groups is 1. The van der Waals surface area contributed by atoms with Crippen LogP contribution in [-0.4, -0.2) is 12.0 Å². The first-order valence-corrected chi connectivity index (χ1v) is 4.48. The zero-order valence-electron chi connectivity index (χ0n) is 7.30. The Morgan fingerprint density at radius 3 is 2.62 bits per heavy atom. The van der Waals surface area contributed by atoms with Crippen molar-refractivity contribution in [3.8, 4) is 0 Å². The Kier molecular flexibility index (Phi) is 2.87. The van der Waals surface area contributed by atoms with E-state index in [2.05, 4.69) is 21.2 Å². The fourth-order valence-corrected chi connectivity index (χ4v) is 1.57. The van der Waals surface area contributed by atoms with Gasteiger partial charge in [0.2, 0.25) is 0 Å². The molecule has 0 amide bonds. The van der Waals surface area contributed by atoms with Crippen molar-refractivity contribution < 1.29 is 4.92 Å². The van der Waals surface area contributed by atoms with E-state index in [1.54, 1.807) is 13.1 Å². The average Bonchev–Trinajstić information content (AvgIpc) is 2.09. The second-order valence-corrected chi connectivity index (χ2v) is 3.37. The second-order valence-electron chi connectivity index (χ2n) is 2.58. The molecule has 0 bridgehead atoms. The van der Waals surface area contributed by atoms with Crippen LogP contribution in [0.3, 0.4) is 0 Å². The molecule has 0 aliphatic heterocycles. The van der Waals surface area contributed by atoms with Crippen molar-refractivity contribution in [1.29, 1.82) is 0 Å². The highest BCUT2D eigenvalue weighted by atomic mass is 79.9. The van der Waals surface area contributed by atoms with Crippen LogP contribution in [0.1, 0.15) is 5.56 Å². The standard InChI is InChI=1S/C8H9BrN2O2/c1-5-6(10-2)3-4-7(8(5)9)11(12)13/h3-4,10H,1-2H3. The molecule has 1 N–H and O–H groups in total. The van der Waals surface area contributed by atoms with Gasteiger partial charge in [0.05, 0.1) is 4.92 Å². The van der Waals surface area contributed by atoms with Gasteiger partial charge >= 0.3 is 0 Å². The number of halogens is 1. The highest BCUT2D eigenvalue weighted by Crippen LogP contribution is 2.32. The Bertz CT molecular complexity index is 352. The first kappa shape index (κ1) is 9.98. The quantitative estimate of drug-likeness (QED) is 0.643. The lowest BCUT2D eigenvalue weighted by Gasteiger charge is -2.06. The Labute approximate surface area is 84.2 Å². The van der Waals surface area contributed by atoms with Crippen LogP contribution in [-0.2, 0) is 0 Å². The van der Waals surface area contributed by atoms with E-state index >= 15 is 0 Å². The summed E-state index contributed by atoms with van der Waals surface area (Å²) < 4.78 is 0.532. The maximum Gasteiger partial charge on any atom is 0.283 e. The van der Waals surface area contributed by atoms with Gasteiger partial charge in [0.1, 0.15) is 4.47 Å². The van der Waals surface area contributed by atoms with Crippen molar-refractivity contribution in [2.75, 3.05) is 12.4 Å². The van der Waals surface area contributed by atoms with E-state index < -0.39 is 4.92 Å². The Morgan fingerprint density at radius 1 is 1.54 bits per heavy atom. The Balaban J connectivity index is 3.31. The third-order valence-corrected chi connectivity index (χ3v) is 2.83. The minimum absolute atomic E-state index is 0.0940. The molecule has 0 aromatic heterocycles. The molecule has 70 valence electrons. The Morgan fingerprint density at radius 2 is 2.15 bits per heavy atom. The molecule has 0 saturated carbocycles. The molecule has 0 unspecified atom stereocenters. The van der Waals surface area contributed by atoms with Crippen molar-refractivity contribution >= 4 is 27.3 Å². The maximum atomic E-state index is 10.5. The predicted molar refractivity (Wildman–Crippen MR) is 55.1 cm³/mol. The number of nitrogens with zero attached hydrogens (tertiary/aromatic N) is 1. The summed E-state index contributed by atoms with van der Waals surface area (Å²) in [4.78, 5) is 10.1.